The molecular weight excluding hydrogens is 366 g/mol. The van der Waals surface area contributed by atoms with Gasteiger partial charge < -0.3 is 19.8 Å². The van der Waals surface area contributed by atoms with Crippen LogP contribution < -0.4 is 10.6 Å². The van der Waals surface area contributed by atoms with Crippen molar-refractivity contribution in [2.24, 2.45) is 5.11 Å². The maximum atomic E-state index is 12.3. The van der Waals surface area contributed by atoms with Crippen LogP contribution in [0.15, 0.2) is 39.9 Å². The zero-order valence-corrected chi connectivity index (χ0v) is 15.7. The fourth-order valence-electron chi connectivity index (χ4n) is 2.21. The number of azide groups is 1. The summed E-state index contributed by atoms with van der Waals surface area (Å²) in [7, 11) is 0. The minimum absolute atomic E-state index is 0.0804. The van der Waals surface area contributed by atoms with Crippen molar-refractivity contribution < 1.29 is 18.7 Å². The molecule has 2 N–H and O–H groups in total. The highest BCUT2D eigenvalue weighted by molar-refractivity contribution is 5.82. The Morgan fingerprint density at radius 1 is 1.29 bits per heavy atom. The number of hydrogen-bond acceptors (Lipinski definition) is 7. The van der Waals surface area contributed by atoms with Crippen LogP contribution in [0.4, 0.5) is 10.8 Å². The topological polar surface area (TPSA) is 155 Å². The summed E-state index contributed by atoms with van der Waals surface area (Å²) < 4.78 is 10.4. The summed E-state index contributed by atoms with van der Waals surface area (Å²) in [5.41, 5.74) is 8.70. The van der Waals surface area contributed by atoms with Gasteiger partial charge in [-0.2, -0.15) is 0 Å². The molecule has 0 saturated carbocycles. The molecule has 11 nitrogen and oxygen atoms in total. The Bertz CT molecular complexity index is 854. The SMILES string of the molecule is CC(C)(C)OC(=O)NCC(=O)N[C@H](Cc1ccccc1)c1nnc(N=[N+]=[N-])o1. The Balaban J connectivity index is 2.05. The Morgan fingerprint density at radius 2 is 2.00 bits per heavy atom. The van der Waals surface area contributed by atoms with E-state index in [0.29, 0.717) is 6.42 Å². The second-order valence-corrected chi connectivity index (χ2v) is 6.78. The lowest BCUT2D eigenvalue weighted by Crippen LogP contribution is -2.41. The van der Waals surface area contributed by atoms with Crippen LogP contribution in [-0.4, -0.2) is 34.3 Å². The van der Waals surface area contributed by atoms with Gasteiger partial charge in [0.25, 0.3) is 0 Å². The van der Waals surface area contributed by atoms with E-state index in [1.54, 1.807) is 20.8 Å². The average Bonchev–Trinajstić information content (AvgIpc) is 3.08. The monoisotopic (exact) mass is 387 g/mol. The first kappa shape index (κ1) is 20.7. The molecule has 0 fully saturated rings. The second kappa shape index (κ2) is 9.38. The summed E-state index contributed by atoms with van der Waals surface area (Å²) in [6.07, 6.45) is -0.345. The summed E-state index contributed by atoms with van der Waals surface area (Å²) in [5.74, 6) is -0.396. The van der Waals surface area contributed by atoms with Crippen molar-refractivity contribution in [3.8, 4) is 0 Å². The number of alkyl carbamates (subject to hydrolysis) is 1. The maximum absolute atomic E-state index is 12.3. The van der Waals surface area contributed by atoms with Crippen LogP contribution in [0.25, 0.3) is 10.4 Å². The Kier molecular flexibility index (Phi) is 6.94. The van der Waals surface area contributed by atoms with Crippen molar-refractivity contribution in [3.63, 3.8) is 0 Å². The number of carbonyl (C=O) groups is 2. The molecule has 0 spiro atoms. The number of aromatic nitrogens is 2. The molecule has 1 aromatic heterocycles. The Hall–Kier alpha value is -3.59. The van der Waals surface area contributed by atoms with Crippen LogP contribution in [0, 0.1) is 0 Å². The highest BCUT2D eigenvalue weighted by Gasteiger charge is 2.22. The van der Waals surface area contributed by atoms with Gasteiger partial charge in [0.2, 0.25) is 11.8 Å². The van der Waals surface area contributed by atoms with Crippen LogP contribution in [-0.2, 0) is 16.0 Å². The third-order valence-electron chi connectivity index (χ3n) is 3.27. The van der Waals surface area contributed by atoms with Gasteiger partial charge in [0.05, 0.1) is 0 Å². The number of carbonyl (C=O) groups excluding carboxylic acids is 2. The van der Waals surface area contributed by atoms with Crippen molar-refractivity contribution >= 4 is 18.0 Å². The van der Waals surface area contributed by atoms with E-state index in [9.17, 15) is 9.59 Å². The van der Waals surface area contributed by atoms with Gasteiger partial charge in [-0.25, -0.2) is 4.79 Å². The third-order valence-corrected chi connectivity index (χ3v) is 3.27. The lowest BCUT2D eigenvalue weighted by molar-refractivity contribution is -0.121. The van der Waals surface area contributed by atoms with Crippen molar-refractivity contribution in [1.82, 2.24) is 20.8 Å². The van der Waals surface area contributed by atoms with E-state index in [4.69, 9.17) is 14.7 Å². The van der Waals surface area contributed by atoms with Gasteiger partial charge in [0.1, 0.15) is 18.2 Å². The van der Waals surface area contributed by atoms with Crippen LogP contribution in [0.1, 0.15) is 38.3 Å². The largest absolute Gasteiger partial charge is 0.444 e. The average molecular weight is 387 g/mol. The minimum Gasteiger partial charge on any atom is -0.444 e. The van der Waals surface area contributed by atoms with Gasteiger partial charge >= 0.3 is 12.1 Å². The molecule has 0 bridgehead atoms. The Morgan fingerprint density at radius 3 is 2.64 bits per heavy atom. The molecule has 2 amide bonds. The molecule has 0 saturated heterocycles. The number of benzene rings is 1. The van der Waals surface area contributed by atoms with Gasteiger partial charge in [0, 0.05) is 16.4 Å². The molecule has 2 rings (SSSR count). The third kappa shape index (κ3) is 6.96. The van der Waals surface area contributed by atoms with Gasteiger partial charge in [-0.3, -0.25) is 4.79 Å². The molecule has 1 atom stereocenters. The van der Waals surface area contributed by atoms with E-state index in [1.807, 2.05) is 30.3 Å². The number of nitrogens with zero attached hydrogens (tertiary/aromatic N) is 5. The van der Waals surface area contributed by atoms with Gasteiger partial charge in [-0.1, -0.05) is 30.3 Å². The molecule has 0 aliphatic rings. The molecule has 1 aromatic carbocycles. The summed E-state index contributed by atoms with van der Waals surface area (Å²) in [6.45, 7) is 4.87. The zero-order valence-electron chi connectivity index (χ0n) is 15.7. The first-order valence-corrected chi connectivity index (χ1v) is 8.45. The van der Waals surface area contributed by atoms with E-state index in [0.717, 1.165) is 5.56 Å². The smallest absolute Gasteiger partial charge is 0.408 e. The first-order chi connectivity index (χ1) is 13.3. The summed E-state index contributed by atoms with van der Waals surface area (Å²) in [5, 5.41) is 15.8. The predicted molar refractivity (Wildman–Crippen MR) is 98.4 cm³/mol. The fraction of sp³-hybridized carbons (Fsp3) is 0.412. The zero-order chi connectivity index (χ0) is 20.6. The Labute approximate surface area is 161 Å². The van der Waals surface area contributed by atoms with Gasteiger partial charge in [0.15, 0.2) is 0 Å². The molecule has 2 aromatic rings. The van der Waals surface area contributed by atoms with E-state index in [1.165, 1.54) is 0 Å². The van der Waals surface area contributed by atoms with Crippen LogP contribution in [0.5, 0.6) is 0 Å². The first-order valence-electron chi connectivity index (χ1n) is 8.45. The predicted octanol–water partition coefficient (Wildman–Crippen LogP) is 2.94. The standard InChI is InChI=1S/C17H21N7O4/c1-17(2,3)28-16(26)19-10-13(25)20-12(9-11-7-5-4-6-8-11)14-21-22-15(27-14)23-24-18/h4-8,12H,9-10H2,1-3H3,(H,19,26)(H,20,25)/t12-/m1/s1. The molecule has 0 aliphatic heterocycles. The summed E-state index contributed by atoms with van der Waals surface area (Å²) in [6, 6.07) is 8.41. The van der Waals surface area contributed by atoms with Crippen LogP contribution in [0.3, 0.4) is 0 Å². The van der Waals surface area contributed by atoms with Crippen molar-refractivity contribution in [1.29, 1.82) is 0 Å². The molecule has 0 radical (unpaired) electrons. The minimum atomic E-state index is -0.703. The van der Waals surface area contributed by atoms with Gasteiger partial charge in [-0.15, -0.1) is 10.2 Å². The number of rotatable bonds is 7. The number of ether oxygens (including phenoxy) is 1. The number of hydrogen-bond donors (Lipinski definition) is 2. The van der Waals surface area contributed by atoms with Crippen molar-refractivity contribution in [2.75, 3.05) is 6.54 Å². The number of nitrogens with one attached hydrogen (secondary N) is 2. The normalized spacial score (nSPS) is 11.8. The van der Waals surface area contributed by atoms with Crippen LogP contribution >= 0.6 is 0 Å². The molecule has 28 heavy (non-hydrogen) atoms. The second-order valence-electron chi connectivity index (χ2n) is 6.78. The summed E-state index contributed by atoms with van der Waals surface area (Å²) in [4.78, 5) is 26.5. The van der Waals surface area contributed by atoms with Gasteiger partial charge in [-0.05, 0) is 31.9 Å². The molecule has 0 unspecified atom stereocenters. The molecule has 1 heterocycles. The highest BCUT2D eigenvalue weighted by Crippen LogP contribution is 2.20. The quantitative estimate of drug-likeness (QED) is 0.423. The van der Waals surface area contributed by atoms with E-state index in [-0.39, 0.29) is 18.5 Å². The van der Waals surface area contributed by atoms with Crippen molar-refractivity contribution in [3.05, 3.63) is 52.2 Å². The van der Waals surface area contributed by atoms with E-state index < -0.39 is 23.6 Å². The lowest BCUT2D eigenvalue weighted by atomic mass is 10.1. The molecular formula is C17H21N7O4. The van der Waals surface area contributed by atoms with Crippen LogP contribution in [0.2, 0.25) is 0 Å². The van der Waals surface area contributed by atoms with Crippen molar-refractivity contribution in [2.45, 2.75) is 38.8 Å². The highest BCUT2D eigenvalue weighted by atomic mass is 16.6. The molecule has 0 aliphatic carbocycles. The maximum Gasteiger partial charge on any atom is 0.408 e. The van der Waals surface area contributed by atoms with E-state index >= 15 is 0 Å². The fourth-order valence-corrected chi connectivity index (χ4v) is 2.21. The summed E-state index contributed by atoms with van der Waals surface area (Å²) >= 11 is 0. The number of amides is 2. The lowest BCUT2D eigenvalue weighted by Gasteiger charge is -2.20. The van der Waals surface area contributed by atoms with E-state index in [2.05, 4.69) is 30.9 Å². The molecule has 148 valence electrons. The molecule has 11 heteroatoms.